The first kappa shape index (κ1) is 17.1. The van der Waals surface area contributed by atoms with E-state index in [-0.39, 0.29) is 17.6 Å². The summed E-state index contributed by atoms with van der Waals surface area (Å²) in [7, 11) is 1.50. The first-order valence-electron chi connectivity index (χ1n) is 9.44. The summed E-state index contributed by atoms with van der Waals surface area (Å²) in [5.41, 5.74) is 4.62. The van der Waals surface area contributed by atoms with E-state index in [9.17, 15) is 4.39 Å². The molecule has 1 atom stereocenters. The van der Waals surface area contributed by atoms with Gasteiger partial charge in [0, 0.05) is 23.1 Å². The van der Waals surface area contributed by atoms with Crippen LogP contribution in [0.25, 0.3) is 10.9 Å². The maximum Gasteiger partial charge on any atom is 0.165 e. The van der Waals surface area contributed by atoms with E-state index in [1.54, 1.807) is 12.3 Å². The van der Waals surface area contributed by atoms with Gasteiger partial charge < -0.3 is 14.1 Å². The summed E-state index contributed by atoms with van der Waals surface area (Å²) in [5.74, 6) is 0.828. The van der Waals surface area contributed by atoms with Gasteiger partial charge in [-0.05, 0) is 47.9 Å². The average molecular weight is 376 g/mol. The third kappa shape index (κ3) is 2.79. The van der Waals surface area contributed by atoms with Crippen LogP contribution in [0, 0.1) is 5.82 Å². The van der Waals surface area contributed by atoms with E-state index in [1.165, 1.54) is 24.1 Å². The van der Waals surface area contributed by atoms with Gasteiger partial charge in [0.1, 0.15) is 5.76 Å². The molecular weight excluding hydrogens is 355 g/mol. The molecule has 1 N–H and O–H groups in total. The number of ether oxygens (including phenoxy) is 1. The SMILES string of the molecule is COc1cc(C2c3[nH]c4ccccc4c3CCN2Cc2ccco2)ccc1F. The van der Waals surface area contributed by atoms with Crippen LogP contribution in [0.4, 0.5) is 4.39 Å². The van der Waals surface area contributed by atoms with Gasteiger partial charge in [-0.2, -0.15) is 0 Å². The Bertz CT molecular complexity index is 1120. The van der Waals surface area contributed by atoms with Crippen molar-refractivity contribution in [3.63, 3.8) is 0 Å². The topological polar surface area (TPSA) is 41.4 Å². The summed E-state index contributed by atoms with van der Waals surface area (Å²) in [4.78, 5) is 5.98. The predicted octanol–water partition coefficient (Wildman–Crippen LogP) is 5.06. The smallest absolute Gasteiger partial charge is 0.165 e. The maximum atomic E-state index is 14.0. The van der Waals surface area contributed by atoms with Crippen molar-refractivity contribution < 1.29 is 13.5 Å². The highest BCUT2D eigenvalue weighted by Gasteiger charge is 2.32. The molecule has 0 aliphatic carbocycles. The monoisotopic (exact) mass is 376 g/mol. The molecule has 142 valence electrons. The predicted molar refractivity (Wildman–Crippen MR) is 106 cm³/mol. The number of rotatable bonds is 4. The van der Waals surface area contributed by atoms with Crippen LogP contribution in [0.2, 0.25) is 0 Å². The van der Waals surface area contributed by atoms with Crippen molar-refractivity contribution in [1.82, 2.24) is 9.88 Å². The van der Waals surface area contributed by atoms with Crippen LogP contribution in [0.5, 0.6) is 5.75 Å². The van der Waals surface area contributed by atoms with Crippen LogP contribution in [0.15, 0.2) is 65.3 Å². The second-order valence-electron chi connectivity index (χ2n) is 7.16. The van der Waals surface area contributed by atoms with Crippen molar-refractivity contribution in [3.8, 4) is 5.75 Å². The summed E-state index contributed by atoms with van der Waals surface area (Å²) < 4.78 is 24.9. The van der Waals surface area contributed by atoms with Gasteiger partial charge >= 0.3 is 0 Å². The maximum absolute atomic E-state index is 14.0. The van der Waals surface area contributed by atoms with Gasteiger partial charge in [0.25, 0.3) is 0 Å². The van der Waals surface area contributed by atoms with Gasteiger partial charge in [-0.15, -0.1) is 0 Å². The van der Waals surface area contributed by atoms with Gasteiger partial charge in [0.15, 0.2) is 11.6 Å². The fourth-order valence-corrected chi connectivity index (χ4v) is 4.29. The molecule has 5 rings (SSSR count). The van der Waals surface area contributed by atoms with E-state index in [0.29, 0.717) is 6.54 Å². The highest BCUT2D eigenvalue weighted by molar-refractivity contribution is 5.85. The fraction of sp³-hybridized carbons (Fsp3) is 0.217. The van der Waals surface area contributed by atoms with Gasteiger partial charge in [-0.25, -0.2) is 4.39 Å². The molecule has 0 spiro atoms. The van der Waals surface area contributed by atoms with E-state index < -0.39 is 0 Å². The molecule has 1 aliphatic heterocycles. The molecule has 28 heavy (non-hydrogen) atoms. The third-order valence-corrected chi connectivity index (χ3v) is 5.56. The molecular formula is C23H21FN2O2. The highest BCUT2D eigenvalue weighted by atomic mass is 19.1. The van der Waals surface area contributed by atoms with Crippen LogP contribution in [0.1, 0.15) is 28.6 Å². The molecule has 5 heteroatoms. The van der Waals surface area contributed by atoms with Gasteiger partial charge in [-0.1, -0.05) is 24.3 Å². The molecule has 1 unspecified atom stereocenters. The number of nitrogens with zero attached hydrogens (tertiary/aromatic N) is 1. The highest BCUT2D eigenvalue weighted by Crippen LogP contribution is 2.40. The molecule has 0 fully saturated rings. The van der Waals surface area contributed by atoms with Crippen molar-refractivity contribution in [1.29, 1.82) is 0 Å². The molecule has 1 aliphatic rings. The lowest BCUT2D eigenvalue weighted by Crippen LogP contribution is -2.35. The number of H-pyrrole nitrogens is 1. The Morgan fingerprint density at radius 1 is 1.18 bits per heavy atom. The van der Waals surface area contributed by atoms with Gasteiger partial charge in [-0.3, -0.25) is 4.90 Å². The van der Waals surface area contributed by atoms with Crippen LogP contribution in [-0.2, 0) is 13.0 Å². The van der Waals surface area contributed by atoms with E-state index in [4.69, 9.17) is 9.15 Å². The summed E-state index contributed by atoms with van der Waals surface area (Å²) in [6.07, 6.45) is 2.65. The molecule has 4 aromatic rings. The Kier molecular flexibility index (Phi) is 4.17. The zero-order chi connectivity index (χ0) is 19.1. The van der Waals surface area contributed by atoms with Crippen LogP contribution in [-0.4, -0.2) is 23.5 Å². The Hall–Kier alpha value is -3.05. The molecule has 0 bridgehead atoms. The zero-order valence-electron chi connectivity index (χ0n) is 15.6. The minimum atomic E-state index is -0.350. The normalized spacial score (nSPS) is 17.0. The number of furan rings is 1. The van der Waals surface area contributed by atoms with Crippen molar-refractivity contribution in [3.05, 3.63) is 89.3 Å². The number of hydrogen-bond donors (Lipinski definition) is 1. The standard InChI is InChI=1S/C23H21FN2O2/c1-27-21-13-15(8-9-19(21)24)23-22-18(17-6-2-3-7-20(17)25-22)10-11-26(23)14-16-5-4-12-28-16/h2-9,12-13,23,25H,10-11,14H2,1H3. The first-order chi connectivity index (χ1) is 13.7. The number of hydrogen-bond acceptors (Lipinski definition) is 3. The summed E-state index contributed by atoms with van der Waals surface area (Å²) in [6.45, 7) is 1.58. The Balaban J connectivity index is 1.65. The number of benzene rings is 2. The van der Waals surface area contributed by atoms with E-state index >= 15 is 0 Å². The number of aromatic amines is 1. The fourth-order valence-electron chi connectivity index (χ4n) is 4.29. The minimum Gasteiger partial charge on any atom is -0.494 e. The number of aromatic nitrogens is 1. The van der Waals surface area contributed by atoms with Crippen LogP contribution >= 0.6 is 0 Å². The summed E-state index contributed by atoms with van der Waals surface area (Å²) in [6, 6.07) is 17.4. The molecule has 0 amide bonds. The number of halogens is 1. The zero-order valence-corrected chi connectivity index (χ0v) is 15.6. The van der Waals surface area contributed by atoms with Crippen LogP contribution < -0.4 is 4.74 Å². The van der Waals surface area contributed by atoms with Crippen molar-refractivity contribution in [2.24, 2.45) is 0 Å². The van der Waals surface area contributed by atoms with Gasteiger partial charge in [0.2, 0.25) is 0 Å². The molecule has 2 aromatic carbocycles. The Morgan fingerprint density at radius 2 is 2.07 bits per heavy atom. The summed E-state index contributed by atoms with van der Waals surface area (Å²) in [5, 5.41) is 1.26. The molecule has 0 radical (unpaired) electrons. The second kappa shape index (κ2) is 6.84. The average Bonchev–Trinajstić information content (AvgIpc) is 3.36. The van der Waals surface area contributed by atoms with E-state index in [0.717, 1.165) is 35.5 Å². The molecule has 3 heterocycles. The number of nitrogens with one attached hydrogen (secondary N) is 1. The molecule has 4 nitrogen and oxygen atoms in total. The van der Waals surface area contributed by atoms with E-state index in [2.05, 4.69) is 28.1 Å². The molecule has 0 saturated carbocycles. The first-order valence-corrected chi connectivity index (χ1v) is 9.44. The molecule has 2 aromatic heterocycles. The minimum absolute atomic E-state index is 0.0317. The van der Waals surface area contributed by atoms with Gasteiger partial charge in [0.05, 0.1) is 26.0 Å². The largest absolute Gasteiger partial charge is 0.494 e. The second-order valence-corrected chi connectivity index (χ2v) is 7.16. The van der Waals surface area contributed by atoms with E-state index in [1.807, 2.05) is 24.3 Å². The quantitative estimate of drug-likeness (QED) is 0.541. The lowest BCUT2D eigenvalue weighted by molar-refractivity contribution is 0.186. The Labute approximate surface area is 162 Å². The molecule has 0 saturated heterocycles. The lowest BCUT2D eigenvalue weighted by Gasteiger charge is -2.35. The lowest BCUT2D eigenvalue weighted by atomic mass is 9.92. The van der Waals surface area contributed by atoms with Crippen molar-refractivity contribution >= 4 is 10.9 Å². The number of fused-ring (bicyclic) bond motifs is 3. The summed E-state index contributed by atoms with van der Waals surface area (Å²) >= 11 is 0. The number of methoxy groups -OCH3 is 1. The van der Waals surface area contributed by atoms with Crippen molar-refractivity contribution in [2.75, 3.05) is 13.7 Å². The number of para-hydroxylation sites is 1. The Morgan fingerprint density at radius 3 is 2.89 bits per heavy atom. The van der Waals surface area contributed by atoms with Crippen molar-refractivity contribution in [2.45, 2.75) is 19.0 Å². The van der Waals surface area contributed by atoms with Crippen LogP contribution in [0.3, 0.4) is 0 Å². The third-order valence-electron chi connectivity index (χ3n) is 5.56.